The van der Waals surface area contributed by atoms with E-state index < -0.39 is 0 Å². The Hall–Kier alpha value is -0.830. The minimum absolute atomic E-state index is 0.279. The molecule has 0 saturated heterocycles. The molecule has 0 aliphatic rings. The van der Waals surface area contributed by atoms with Crippen LogP contribution in [0.15, 0.2) is 12.4 Å². The van der Waals surface area contributed by atoms with Crippen LogP contribution in [0.4, 0.5) is 0 Å². The van der Waals surface area contributed by atoms with Crippen molar-refractivity contribution in [2.75, 3.05) is 0 Å². The molecule has 1 rings (SSSR count). The number of rotatable bonds is 5. The molecule has 1 heterocycles. The number of hydrogen-bond donors (Lipinski definition) is 1. The zero-order valence-electron chi connectivity index (χ0n) is 10.3. The van der Waals surface area contributed by atoms with Gasteiger partial charge in [0.2, 0.25) is 0 Å². The quantitative estimate of drug-likeness (QED) is 0.805. The van der Waals surface area contributed by atoms with Crippen molar-refractivity contribution in [2.45, 2.75) is 39.7 Å². The molecule has 1 aromatic heterocycles. The molecule has 0 amide bonds. The third-order valence-corrected chi connectivity index (χ3v) is 3.06. The molecular weight excluding hydrogens is 186 g/mol. The van der Waals surface area contributed by atoms with Crippen LogP contribution in [-0.2, 0) is 13.5 Å². The highest BCUT2D eigenvalue weighted by molar-refractivity contribution is 5.03. The van der Waals surface area contributed by atoms with E-state index in [0.29, 0.717) is 11.8 Å². The second-order valence-electron chi connectivity index (χ2n) is 4.83. The molecule has 0 aliphatic carbocycles. The van der Waals surface area contributed by atoms with Gasteiger partial charge >= 0.3 is 0 Å². The lowest BCUT2D eigenvalue weighted by atomic mass is 9.85. The Morgan fingerprint density at radius 1 is 1.40 bits per heavy atom. The normalized spacial score (nSPS) is 15.6. The largest absolute Gasteiger partial charge is 0.328 e. The van der Waals surface area contributed by atoms with Crippen molar-refractivity contribution >= 4 is 0 Å². The highest BCUT2D eigenvalue weighted by atomic mass is 15.2. The Bertz CT molecular complexity index is 281. The van der Waals surface area contributed by atoms with Crippen LogP contribution < -0.4 is 5.73 Å². The molecular formula is C12H23N3. The lowest BCUT2D eigenvalue weighted by molar-refractivity contribution is 0.311. The molecule has 3 nitrogen and oxygen atoms in total. The molecule has 0 spiro atoms. The van der Waals surface area contributed by atoms with Gasteiger partial charge in [0, 0.05) is 19.3 Å². The average molecular weight is 209 g/mol. The predicted octanol–water partition coefficient (Wildman–Crippen LogP) is 1.97. The molecule has 2 unspecified atom stereocenters. The first kappa shape index (κ1) is 12.2. The van der Waals surface area contributed by atoms with E-state index in [-0.39, 0.29) is 6.04 Å². The molecule has 2 N–H and O–H groups in total. The molecule has 0 bridgehead atoms. The molecule has 1 aromatic rings. The van der Waals surface area contributed by atoms with Crippen LogP contribution >= 0.6 is 0 Å². The molecule has 0 fully saturated rings. The number of aryl methyl sites for hydroxylation is 2. The molecule has 0 aromatic carbocycles. The summed E-state index contributed by atoms with van der Waals surface area (Å²) in [7, 11) is 1.95. The summed E-state index contributed by atoms with van der Waals surface area (Å²) in [5.41, 5.74) is 7.30. The monoisotopic (exact) mass is 209 g/mol. The lowest BCUT2D eigenvalue weighted by Crippen LogP contribution is -2.30. The van der Waals surface area contributed by atoms with Gasteiger partial charge in [0.1, 0.15) is 0 Å². The fraction of sp³-hybridized carbons (Fsp3) is 0.750. The first-order valence-corrected chi connectivity index (χ1v) is 5.73. The van der Waals surface area contributed by atoms with Crippen molar-refractivity contribution in [3.63, 3.8) is 0 Å². The van der Waals surface area contributed by atoms with Crippen LogP contribution in [0.3, 0.4) is 0 Å². The predicted molar refractivity (Wildman–Crippen MR) is 63.5 cm³/mol. The molecule has 86 valence electrons. The zero-order chi connectivity index (χ0) is 11.4. The molecule has 0 radical (unpaired) electrons. The molecule has 15 heavy (non-hydrogen) atoms. The van der Waals surface area contributed by atoms with Crippen molar-refractivity contribution in [3.05, 3.63) is 18.0 Å². The van der Waals surface area contributed by atoms with Crippen molar-refractivity contribution in [2.24, 2.45) is 24.6 Å². The minimum Gasteiger partial charge on any atom is -0.328 e. The fourth-order valence-electron chi connectivity index (χ4n) is 2.14. The first-order valence-electron chi connectivity index (χ1n) is 5.73. The highest BCUT2D eigenvalue weighted by Crippen LogP contribution is 2.20. The summed E-state index contributed by atoms with van der Waals surface area (Å²) in [5, 5.41) is 4.17. The third kappa shape index (κ3) is 3.67. The summed E-state index contributed by atoms with van der Waals surface area (Å²) in [6.45, 7) is 6.60. The number of nitrogens with zero attached hydrogens (tertiary/aromatic N) is 2. The summed E-state index contributed by atoms with van der Waals surface area (Å²) in [4.78, 5) is 0. The third-order valence-electron chi connectivity index (χ3n) is 3.06. The van der Waals surface area contributed by atoms with Crippen LogP contribution in [0.2, 0.25) is 0 Å². The highest BCUT2D eigenvalue weighted by Gasteiger charge is 2.17. The van der Waals surface area contributed by atoms with Crippen LogP contribution in [0, 0.1) is 11.8 Å². The molecule has 2 atom stereocenters. The van der Waals surface area contributed by atoms with E-state index in [1.54, 1.807) is 0 Å². The van der Waals surface area contributed by atoms with Gasteiger partial charge in [0.15, 0.2) is 0 Å². The van der Waals surface area contributed by atoms with Crippen LogP contribution in [-0.4, -0.2) is 15.8 Å². The van der Waals surface area contributed by atoms with Crippen molar-refractivity contribution in [1.82, 2.24) is 9.78 Å². The first-order chi connectivity index (χ1) is 7.00. The van der Waals surface area contributed by atoms with E-state index in [2.05, 4.69) is 32.1 Å². The van der Waals surface area contributed by atoms with E-state index in [1.807, 2.05) is 17.9 Å². The fourth-order valence-corrected chi connectivity index (χ4v) is 2.14. The van der Waals surface area contributed by atoms with Gasteiger partial charge in [-0.25, -0.2) is 0 Å². The van der Waals surface area contributed by atoms with E-state index in [4.69, 9.17) is 5.73 Å². The minimum atomic E-state index is 0.279. The summed E-state index contributed by atoms with van der Waals surface area (Å²) in [6, 6.07) is 0.279. The zero-order valence-corrected chi connectivity index (χ0v) is 10.3. The second kappa shape index (κ2) is 5.31. The summed E-state index contributed by atoms with van der Waals surface area (Å²) < 4.78 is 1.85. The van der Waals surface area contributed by atoms with Gasteiger partial charge in [-0.05, 0) is 37.2 Å². The van der Waals surface area contributed by atoms with Crippen LogP contribution in [0.1, 0.15) is 32.8 Å². The Kier molecular flexibility index (Phi) is 4.33. The van der Waals surface area contributed by atoms with E-state index >= 15 is 0 Å². The summed E-state index contributed by atoms with van der Waals surface area (Å²) in [6.07, 6.45) is 6.26. The Balaban J connectivity index is 2.47. The Morgan fingerprint density at radius 3 is 2.47 bits per heavy atom. The van der Waals surface area contributed by atoms with Gasteiger partial charge in [0.25, 0.3) is 0 Å². The van der Waals surface area contributed by atoms with Crippen molar-refractivity contribution < 1.29 is 0 Å². The maximum atomic E-state index is 5.99. The molecule has 3 heteroatoms. The summed E-state index contributed by atoms with van der Waals surface area (Å²) in [5.74, 6) is 1.26. The Morgan fingerprint density at radius 2 is 2.07 bits per heavy atom. The standard InChI is InChI=1S/C12H23N3/c1-9(2)12(10(3)13)6-5-11-7-14-15(4)8-11/h7-10,12H,5-6,13H2,1-4H3. The van der Waals surface area contributed by atoms with Crippen LogP contribution in [0.25, 0.3) is 0 Å². The lowest BCUT2D eigenvalue weighted by Gasteiger charge is -2.24. The van der Waals surface area contributed by atoms with Crippen molar-refractivity contribution in [3.8, 4) is 0 Å². The molecule has 0 aliphatic heterocycles. The molecule has 0 saturated carbocycles. The summed E-state index contributed by atoms with van der Waals surface area (Å²) >= 11 is 0. The maximum Gasteiger partial charge on any atom is 0.0521 e. The topological polar surface area (TPSA) is 43.8 Å². The SMILES string of the molecule is CC(C)C(CCc1cnn(C)c1)C(C)N. The van der Waals surface area contributed by atoms with E-state index in [0.717, 1.165) is 12.8 Å². The van der Waals surface area contributed by atoms with Gasteiger partial charge < -0.3 is 5.73 Å². The number of aromatic nitrogens is 2. The van der Waals surface area contributed by atoms with Gasteiger partial charge in [-0.3, -0.25) is 4.68 Å². The Labute approximate surface area is 92.7 Å². The average Bonchev–Trinajstić information content (AvgIpc) is 2.50. The maximum absolute atomic E-state index is 5.99. The second-order valence-corrected chi connectivity index (χ2v) is 4.83. The van der Waals surface area contributed by atoms with E-state index in [1.165, 1.54) is 5.56 Å². The van der Waals surface area contributed by atoms with Gasteiger partial charge in [-0.1, -0.05) is 13.8 Å². The number of hydrogen-bond acceptors (Lipinski definition) is 2. The van der Waals surface area contributed by atoms with Gasteiger partial charge in [-0.15, -0.1) is 0 Å². The smallest absolute Gasteiger partial charge is 0.0521 e. The van der Waals surface area contributed by atoms with Gasteiger partial charge in [-0.2, -0.15) is 5.10 Å². The number of nitrogens with two attached hydrogens (primary N) is 1. The van der Waals surface area contributed by atoms with Crippen LogP contribution in [0.5, 0.6) is 0 Å². The van der Waals surface area contributed by atoms with Gasteiger partial charge in [0.05, 0.1) is 6.20 Å². The van der Waals surface area contributed by atoms with E-state index in [9.17, 15) is 0 Å². The van der Waals surface area contributed by atoms with Crippen molar-refractivity contribution in [1.29, 1.82) is 0 Å².